The molecule has 5 heterocycles. The van der Waals surface area contributed by atoms with E-state index in [1.165, 1.54) is 6.26 Å². The number of hydrogen-bond donors (Lipinski definition) is 2. The molecule has 0 aliphatic rings. The normalized spacial score (nSPS) is 11.2. The quantitative estimate of drug-likeness (QED) is 0.301. The van der Waals surface area contributed by atoms with E-state index in [2.05, 4.69) is 46.8 Å². The molecule has 0 saturated carbocycles. The number of aromatic nitrogens is 7. The topological polar surface area (TPSA) is 137 Å². The summed E-state index contributed by atoms with van der Waals surface area (Å²) in [4.78, 5) is 30.3. The molecule has 13 heteroatoms. The lowest BCUT2D eigenvalue weighted by atomic mass is 10.3. The maximum Gasteiger partial charge on any atom is 0.276 e. The van der Waals surface area contributed by atoms with Gasteiger partial charge in [0, 0.05) is 37.7 Å². The number of halogens is 1. The second kappa shape index (κ2) is 9.77. The van der Waals surface area contributed by atoms with Crippen molar-refractivity contribution in [2.45, 2.75) is 33.5 Å². The molecule has 5 aromatic rings. The Morgan fingerprint density at radius 1 is 1.06 bits per heavy atom. The monoisotopic (exact) mass is 551 g/mol. The maximum absolute atomic E-state index is 13.1. The zero-order chi connectivity index (χ0) is 25.2. The molecule has 5 aromatic heterocycles. The zero-order valence-corrected chi connectivity index (χ0v) is 21.1. The van der Waals surface area contributed by atoms with E-state index in [1.807, 2.05) is 20.0 Å². The van der Waals surface area contributed by atoms with Crippen LogP contribution in [0.4, 0.5) is 5.69 Å². The van der Waals surface area contributed by atoms with Gasteiger partial charge in [-0.25, -0.2) is 9.50 Å². The van der Waals surface area contributed by atoms with E-state index < -0.39 is 11.8 Å². The molecule has 0 unspecified atom stereocenters. The highest BCUT2D eigenvalue weighted by Gasteiger charge is 2.22. The van der Waals surface area contributed by atoms with Crippen molar-refractivity contribution < 1.29 is 14.0 Å². The average Bonchev–Trinajstić information content (AvgIpc) is 3.68. The second-order valence-electron chi connectivity index (χ2n) is 7.77. The third-order valence-electron chi connectivity index (χ3n) is 5.43. The van der Waals surface area contributed by atoms with Gasteiger partial charge in [0.15, 0.2) is 17.0 Å². The highest BCUT2D eigenvalue weighted by molar-refractivity contribution is 9.10. The summed E-state index contributed by atoms with van der Waals surface area (Å²) < 4.78 is 11.0. The predicted molar refractivity (Wildman–Crippen MR) is 133 cm³/mol. The Labute approximate surface area is 213 Å². The molecule has 0 aliphatic heterocycles. The Balaban J connectivity index is 1.41. The van der Waals surface area contributed by atoms with Crippen LogP contribution in [0.25, 0.3) is 17.0 Å². The van der Waals surface area contributed by atoms with Crippen LogP contribution < -0.4 is 10.6 Å². The fraction of sp³-hybridized carbons (Fsp3) is 0.217. The van der Waals surface area contributed by atoms with Gasteiger partial charge in [-0.1, -0.05) is 0 Å². The van der Waals surface area contributed by atoms with Gasteiger partial charge in [-0.15, -0.1) is 0 Å². The van der Waals surface area contributed by atoms with E-state index in [0.717, 1.165) is 4.47 Å². The van der Waals surface area contributed by atoms with Gasteiger partial charge in [-0.05, 0) is 48.0 Å². The molecule has 0 fully saturated rings. The Hall–Kier alpha value is -4.26. The smallest absolute Gasteiger partial charge is 0.276 e. The maximum atomic E-state index is 13.1. The van der Waals surface area contributed by atoms with Crippen LogP contribution in [0, 0.1) is 0 Å². The van der Waals surface area contributed by atoms with E-state index in [-0.39, 0.29) is 23.6 Å². The van der Waals surface area contributed by atoms with Crippen LogP contribution in [0.1, 0.15) is 40.6 Å². The van der Waals surface area contributed by atoms with Gasteiger partial charge in [0.25, 0.3) is 11.8 Å². The highest BCUT2D eigenvalue weighted by Crippen LogP contribution is 2.27. The first kappa shape index (κ1) is 23.5. The Morgan fingerprint density at radius 3 is 2.58 bits per heavy atom. The predicted octanol–water partition coefficient (Wildman–Crippen LogP) is 3.37. The van der Waals surface area contributed by atoms with Gasteiger partial charge in [0.1, 0.15) is 11.5 Å². The number of nitrogens with zero attached hydrogens (tertiary/aromatic N) is 7. The number of hydrogen-bond acceptors (Lipinski definition) is 7. The Bertz CT molecular complexity index is 1550. The molecule has 5 rings (SSSR count). The number of furan rings is 1. The molecule has 0 radical (unpaired) electrons. The van der Waals surface area contributed by atoms with Crippen molar-refractivity contribution in [3.05, 3.63) is 70.7 Å². The van der Waals surface area contributed by atoms with Crippen molar-refractivity contribution in [3.63, 3.8) is 0 Å². The summed E-state index contributed by atoms with van der Waals surface area (Å²) in [5.74, 6) is -0.336. The van der Waals surface area contributed by atoms with Crippen LogP contribution in [-0.4, -0.2) is 46.0 Å². The Kier molecular flexibility index (Phi) is 6.38. The summed E-state index contributed by atoms with van der Waals surface area (Å²) >= 11 is 3.54. The van der Waals surface area contributed by atoms with Crippen molar-refractivity contribution in [1.29, 1.82) is 0 Å². The molecule has 2 amide bonds. The standard InChI is InChI=1S/C23H22BrN9O3/c1-3-31-12-15(24)20(29-31)18-7-8-25-19-10-16(28-33(18)19)22(34)27-17-13-32(4-2)30-21(17)23(35)26-11-14-6-5-9-36-14/h5-10,12-13H,3-4,11H2,1-2H3,(H,26,35)(H,27,34). The number of fused-ring (bicyclic) bond motifs is 1. The first-order chi connectivity index (χ1) is 17.5. The molecule has 0 aromatic carbocycles. The van der Waals surface area contributed by atoms with Gasteiger partial charge in [-0.2, -0.15) is 15.3 Å². The highest BCUT2D eigenvalue weighted by atomic mass is 79.9. The van der Waals surface area contributed by atoms with Crippen LogP contribution in [0.5, 0.6) is 0 Å². The second-order valence-corrected chi connectivity index (χ2v) is 8.63. The SMILES string of the molecule is CCn1cc(NC(=O)c2cc3nccc(-c4nn(CC)cc4Br)n3n2)c(C(=O)NCc2ccco2)n1. The molecule has 184 valence electrons. The van der Waals surface area contributed by atoms with Gasteiger partial charge in [0.2, 0.25) is 0 Å². The van der Waals surface area contributed by atoms with Crippen molar-refractivity contribution in [1.82, 2.24) is 39.5 Å². The van der Waals surface area contributed by atoms with Crippen LogP contribution in [-0.2, 0) is 19.6 Å². The first-order valence-corrected chi connectivity index (χ1v) is 12.0. The van der Waals surface area contributed by atoms with Crippen LogP contribution in [0.3, 0.4) is 0 Å². The van der Waals surface area contributed by atoms with E-state index in [1.54, 1.807) is 50.5 Å². The fourth-order valence-electron chi connectivity index (χ4n) is 3.61. The molecule has 0 bridgehead atoms. The summed E-state index contributed by atoms with van der Waals surface area (Å²) in [5.41, 5.74) is 2.33. The molecule has 36 heavy (non-hydrogen) atoms. The van der Waals surface area contributed by atoms with Crippen molar-refractivity contribution >= 4 is 39.1 Å². The van der Waals surface area contributed by atoms with Crippen molar-refractivity contribution in [3.8, 4) is 11.4 Å². The molecule has 0 saturated heterocycles. The van der Waals surface area contributed by atoms with E-state index in [9.17, 15) is 9.59 Å². The lowest BCUT2D eigenvalue weighted by Crippen LogP contribution is -2.25. The number of carbonyl (C=O) groups excluding carboxylic acids is 2. The van der Waals surface area contributed by atoms with Crippen LogP contribution in [0.2, 0.25) is 0 Å². The number of rotatable bonds is 8. The van der Waals surface area contributed by atoms with E-state index >= 15 is 0 Å². The summed E-state index contributed by atoms with van der Waals surface area (Å²) in [6.45, 7) is 5.31. The van der Waals surface area contributed by atoms with Crippen molar-refractivity contribution in [2.24, 2.45) is 0 Å². The van der Waals surface area contributed by atoms with Gasteiger partial charge in [0.05, 0.1) is 28.7 Å². The lowest BCUT2D eigenvalue weighted by molar-refractivity contribution is 0.0943. The first-order valence-electron chi connectivity index (χ1n) is 11.2. The summed E-state index contributed by atoms with van der Waals surface area (Å²) in [7, 11) is 0. The third kappa shape index (κ3) is 4.52. The molecule has 0 spiro atoms. The third-order valence-corrected chi connectivity index (χ3v) is 6.01. The lowest BCUT2D eigenvalue weighted by Gasteiger charge is -2.04. The molecular formula is C23H22BrN9O3. The van der Waals surface area contributed by atoms with Gasteiger partial charge < -0.3 is 15.1 Å². The Morgan fingerprint density at radius 2 is 1.86 bits per heavy atom. The molecule has 2 N–H and O–H groups in total. The number of aryl methyl sites for hydroxylation is 2. The number of carbonyl (C=O) groups is 2. The minimum absolute atomic E-state index is 0.0911. The van der Waals surface area contributed by atoms with Gasteiger partial charge >= 0.3 is 0 Å². The van der Waals surface area contributed by atoms with Crippen LogP contribution >= 0.6 is 15.9 Å². The molecule has 0 aliphatic carbocycles. The molecule has 0 atom stereocenters. The zero-order valence-electron chi connectivity index (χ0n) is 19.5. The minimum Gasteiger partial charge on any atom is -0.467 e. The minimum atomic E-state index is -0.500. The van der Waals surface area contributed by atoms with Crippen LogP contribution in [0.15, 0.2) is 58.0 Å². The summed E-state index contributed by atoms with van der Waals surface area (Å²) in [6, 6.07) is 6.85. The molecular weight excluding hydrogens is 530 g/mol. The molecule has 12 nitrogen and oxygen atoms in total. The van der Waals surface area contributed by atoms with E-state index in [0.29, 0.717) is 35.9 Å². The number of amides is 2. The number of nitrogens with one attached hydrogen (secondary N) is 2. The fourth-order valence-corrected chi connectivity index (χ4v) is 4.13. The van der Waals surface area contributed by atoms with Gasteiger partial charge in [-0.3, -0.25) is 19.0 Å². The largest absolute Gasteiger partial charge is 0.467 e. The number of anilines is 1. The average molecular weight is 552 g/mol. The summed E-state index contributed by atoms with van der Waals surface area (Å²) in [6.07, 6.45) is 6.65. The van der Waals surface area contributed by atoms with E-state index in [4.69, 9.17) is 4.42 Å². The summed E-state index contributed by atoms with van der Waals surface area (Å²) in [5, 5.41) is 18.8. The van der Waals surface area contributed by atoms with Crippen molar-refractivity contribution in [2.75, 3.05) is 5.32 Å².